The second-order valence-electron chi connectivity index (χ2n) is 10.8. The lowest BCUT2D eigenvalue weighted by molar-refractivity contribution is -0.00204. The molecule has 1 spiro atoms. The highest BCUT2D eigenvalue weighted by Crippen LogP contribution is 2.43. The summed E-state index contributed by atoms with van der Waals surface area (Å²) >= 11 is 1.65. The van der Waals surface area contributed by atoms with E-state index in [9.17, 15) is 0 Å². The predicted molar refractivity (Wildman–Crippen MR) is 198 cm³/mol. The van der Waals surface area contributed by atoms with E-state index in [-0.39, 0.29) is 7.43 Å². The molecule has 2 aliphatic rings. The van der Waals surface area contributed by atoms with Crippen LogP contribution in [0.25, 0.3) is 11.8 Å². The summed E-state index contributed by atoms with van der Waals surface area (Å²) in [5.74, 6) is 0.950. The molecule has 0 saturated carbocycles. The summed E-state index contributed by atoms with van der Waals surface area (Å²) in [6.45, 7) is 23.4. The van der Waals surface area contributed by atoms with E-state index in [1.54, 1.807) is 11.5 Å². The van der Waals surface area contributed by atoms with E-state index >= 15 is 0 Å². The lowest BCUT2D eigenvalue weighted by Crippen LogP contribution is -2.71. The number of allylic oxidation sites excluding steroid dienone is 1. The normalized spacial score (nSPS) is 15.0. The number of anilines is 2. The SMILES string of the molecule is C.C=CC(c1cc(N2CC3(CN(C)C3)C2)sn1)C(C)C.C=NCC.CC.CO.N/C(=C\c1ccccc1N)c1ccccc1. The maximum Gasteiger partial charge on any atom is 0.112 e. The van der Waals surface area contributed by atoms with E-state index in [0.29, 0.717) is 17.3 Å². The zero-order chi connectivity index (χ0) is 32.4. The minimum absolute atomic E-state index is 0. The fraction of sp³-hybridized carbons (Fsp3) is 0.444. The van der Waals surface area contributed by atoms with Crippen LogP contribution in [-0.4, -0.2) is 68.0 Å². The van der Waals surface area contributed by atoms with Crippen molar-refractivity contribution in [2.75, 3.05) is 57.5 Å². The van der Waals surface area contributed by atoms with E-state index in [2.05, 4.69) is 59.4 Å². The standard InChI is InChI=1S/C15H23N3S.C14H14N2.C3H7N.C2H6.CH4O.CH4/c1-5-12(11(2)3)13-6-14(19-16-13)18-9-15(10-18)7-17(4)8-15;15-13-9-5-4-8-12(13)10-14(16)11-6-2-1-3-7-11;1-3-4-2;2*1-2;/h5-6,11-12H,1,7-10H2,2-4H3;1-10H,15-16H2;2-3H2,1H3;1-2H3;2H,1H3;1H4/b;14-10-;;;;. The smallest absolute Gasteiger partial charge is 0.112 e. The van der Waals surface area contributed by atoms with Crippen LogP contribution in [0.4, 0.5) is 10.7 Å². The first kappa shape index (κ1) is 40.5. The summed E-state index contributed by atoms with van der Waals surface area (Å²) in [6, 6.07) is 19.8. The number of aliphatic hydroxyl groups is 1. The van der Waals surface area contributed by atoms with Gasteiger partial charge in [-0.05, 0) is 67.5 Å². The van der Waals surface area contributed by atoms with Gasteiger partial charge in [0.2, 0.25) is 0 Å². The number of rotatable bonds is 7. The fourth-order valence-corrected chi connectivity index (χ4v) is 5.85. The number of nitrogen functional groups attached to an aromatic ring is 1. The molecule has 2 fully saturated rings. The highest BCUT2D eigenvalue weighted by Gasteiger charge is 2.50. The number of nitrogens with zero attached hydrogens (tertiary/aromatic N) is 4. The van der Waals surface area contributed by atoms with Crippen LogP contribution in [-0.2, 0) is 0 Å². The number of para-hydroxylation sites is 1. The zero-order valence-electron chi connectivity index (χ0n) is 27.3. The molecule has 5 N–H and O–H groups in total. The van der Waals surface area contributed by atoms with Crippen LogP contribution in [0.5, 0.6) is 0 Å². The van der Waals surface area contributed by atoms with E-state index < -0.39 is 0 Å². The second-order valence-corrected chi connectivity index (χ2v) is 11.5. The number of aromatic nitrogens is 1. The third-order valence-corrected chi connectivity index (χ3v) is 7.91. The Balaban J connectivity index is 0.000000675. The number of nitrogens with two attached hydrogens (primary N) is 2. The second kappa shape index (κ2) is 21.3. The molecule has 2 saturated heterocycles. The van der Waals surface area contributed by atoms with Crippen molar-refractivity contribution in [1.29, 1.82) is 0 Å². The molecule has 1 atom stereocenters. The van der Waals surface area contributed by atoms with Crippen molar-refractivity contribution >= 4 is 40.7 Å². The number of aliphatic hydroxyl groups excluding tert-OH is 1. The van der Waals surface area contributed by atoms with E-state index in [1.165, 1.54) is 36.9 Å². The van der Waals surface area contributed by atoms with Crippen molar-refractivity contribution in [3.63, 3.8) is 0 Å². The van der Waals surface area contributed by atoms with Gasteiger partial charge in [0.25, 0.3) is 0 Å². The molecule has 7 nitrogen and oxygen atoms in total. The van der Waals surface area contributed by atoms with Gasteiger partial charge in [0.05, 0.1) is 5.69 Å². The molecule has 3 aromatic rings. The third kappa shape index (κ3) is 11.9. The predicted octanol–water partition coefficient (Wildman–Crippen LogP) is 7.52. The van der Waals surface area contributed by atoms with Gasteiger partial charge in [-0.1, -0.05) is 89.7 Å². The van der Waals surface area contributed by atoms with Crippen molar-refractivity contribution in [2.45, 2.75) is 48.0 Å². The molecule has 5 rings (SSSR count). The van der Waals surface area contributed by atoms with Crippen LogP contribution in [0.15, 0.2) is 78.3 Å². The first-order valence-corrected chi connectivity index (χ1v) is 15.8. The summed E-state index contributed by atoms with van der Waals surface area (Å²) in [6.07, 6.45) is 3.92. The molecule has 8 heteroatoms. The van der Waals surface area contributed by atoms with E-state index in [0.717, 1.165) is 36.2 Å². The van der Waals surface area contributed by atoms with Crippen LogP contribution >= 0.6 is 11.5 Å². The lowest BCUT2D eigenvalue weighted by atomic mass is 9.73. The molecule has 0 aliphatic carbocycles. The minimum Gasteiger partial charge on any atom is -0.400 e. The Bertz CT molecular complexity index is 1230. The average molecular weight is 623 g/mol. The number of aliphatic imine (C=N–C) groups is 1. The quantitative estimate of drug-likeness (QED) is 0.109. The molecule has 2 aliphatic heterocycles. The highest BCUT2D eigenvalue weighted by atomic mass is 32.1. The van der Waals surface area contributed by atoms with Gasteiger partial charge in [-0.3, -0.25) is 0 Å². The summed E-state index contributed by atoms with van der Waals surface area (Å²) in [5.41, 5.74) is 17.0. The molecular formula is C36H58N6OS. The van der Waals surface area contributed by atoms with Crippen LogP contribution in [0.1, 0.15) is 64.8 Å². The topological polar surface area (TPSA) is 104 Å². The molecule has 44 heavy (non-hydrogen) atoms. The Morgan fingerprint density at radius 3 is 2.09 bits per heavy atom. The van der Waals surface area contributed by atoms with Gasteiger partial charge in [-0.15, -0.1) is 6.58 Å². The van der Waals surface area contributed by atoms with Crippen LogP contribution in [0.3, 0.4) is 0 Å². The largest absolute Gasteiger partial charge is 0.400 e. The molecule has 1 unspecified atom stereocenters. The van der Waals surface area contributed by atoms with Crippen molar-refractivity contribution in [3.8, 4) is 0 Å². The first-order valence-electron chi connectivity index (χ1n) is 15.0. The third-order valence-electron chi connectivity index (χ3n) is 7.04. The summed E-state index contributed by atoms with van der Waals surface area (Å²) < 4.78 is 4.64. The maximum atomic E-state index is 7.00. The molecule has 0 radical (unpaired) electrons. The number of hydrogen-bond acceptors (Lipinski definition) is 8. The monoisotopic (exact) mass is 622 g/mol. The van der Waals surface area contributed by atoms with E-state index in [4.69, 9.17) is 16.6 Å². The fourth-order valence-electron chi connectivity index (χ4n) is 5.06. The van der Waals surface area contributed by atoms with Crippen molar-refractivity contribution in [1.82, 2.24) is 9.27 Å². The van der Waals surface area contributed by atoms with Gasteiger partial charge in [0.15, 0.2) is 0 Å². The molecule has 2 aromatic carbocycles. The minimum atomic E-state index is 0. The van der Waals surface area contributed by atoms with Gasteiger partial charge in [-0.2, -0.15) is 4.37 Å². The molecule has 3 heterocycles. The van der Waals surface area contributed by atoms with Crippen molar-refractivity contribution < 1.29 is 5.11 Å². The summed E-state index contributed by atoms with van der Waals surface area (Å²) in [5, 5.41) is 8.34. The van der Waals surface area contributed by atoms with Gasteiger partial charge in [0.1, 0.15) is 5.00 Å². The number of hydrogen-bond donors (Lipinski definition) is 3. The average Bonchev–Trinajstić information content (AvgIpc) is 3.47. The van der Waals surface area contributed by atoms with Gasteiger partial charge < -0.3 is 31.4 Å². The van der Waals surface area contributed by atoms with Gasteiger partial charge in [-0.25, -0.2) is 0 Å². The van der Waals surface area contributed by atoms with Gasteiger partial charge >= 0.3 is 0 Å². The van der Waals surface area contributed by atoms with Crippen molar-refractivity contribution in [2.24, 2.45) is 22.1 Å². The summed E-state index contributed by atoms with van der Waals surface area (Å²) in [7, 11) is 3.20. The Kier molecular flexibility index (Phi) is 19.6. The molecule has 244 valence electrons. The lowest BCUT2D eigenvalue weighted by Gasteiger charge is -2.59. The molecule has 0 amide bonds. The van der Waals surface area contributed by atoms with Crippen LogP contribution < -0.4 is 16.4 Å². The maximum absolute atomic E-state index is 7.00. The zero-order valence-corrected chi connectivity index (χ0v) is 28.1. The molecule has 1 aromatic heterocycles. The molecular weight excluding hydrogens is 565 g/mol. The Hall–Kier alpha value is -3.46. The van der Waals surface area contributed by atoms with Gasteiger partial charge in [0, 0.05) is 62.6 Å². The summed E-state index contributed by atoms with van der Waals surface area (Å²) in [4.78, 5) is 8.37. The Morgan fingerprint density at radius 2 is 1.61 bits per heavy atom. The Labute approximate surface area is 272 Å². The Morgan fingerprint density at radius 1 is 1.07 bits per heavy atom. The van der Waals surface area contributed by atoms with Crippen LogP contribution in [0.2, 0.25) is 0 Å². The van der Waals surface area contributed by atoms with E-state index in [1.807, 2.05) is 87.5 Å². The van der Waals surface area contributed by atoms with Crippen molar-refractivity contribution in [3.05, 3.63) is 90.1 Å². The highest BCUT2D eigenvalue weighted by molar-refractivity contribution is 7.10. The molecule has 0 bridgehead atoms. The van der Waals surface area contributed by atoms with Crippen LogP contribution in [0, 0.1) is 11.3 Å². The first-order chi connectivity index (χ1) is 20.7. The number of likely N-dealkylation sites (tertiary alicyclic amines) is 1. The number of benzene rings is 2.